The van der Waals surface area contributed by atoms with E-state index in [0.29, 0.717) is 16.7 Å². The van der Waals surface area contributed by atoms with Gasteiger partial charge in [0.2, 0.25) is 0 Å². The molecule has 0 amide bonds. The third-order valence-electron chi connectivity index (χ3n) is 4.17. The van der Waals surface area contributed by atoms with Gasteiger partial charge in [-0.1, -0.05) is 23.2 Å². The number of nitrogens with zero attached hydrogens (tertiary/aromatic N) is 4. The van der Waals surface area contributed by atoms with Crippen molar-refractivity contribution in [3.05, 3.63) is 44.5 Å². The van der Waals surface area contributed by atoms with Crippen LogP contribution < -0.4 is 4.90 Å². The topological polar surface area (TPSA) is 51.1 Å². The average Bonchev–Trinajstić information content (AvgIpc) is 3.22. The predicted octanol–water partition coefficient (Wildman–Crippen LogP) is 4.50. The number of aromatic nitrogens is 3. The fraction of sp³-hybridized carbons (Fsp3) is 0.353. The molecule has 3 heterocycles. The maximum Gasteiger partial charge on any atom is 0.147 e. The molecule has 1 fully saturated rings. The van der Waals surface area contributed by atoms with Gasteiger partial charge in [-0.05, 0) is 25.5 Å². The Morgan fingerprint density at radius 2 is 2.04 bits per heavy atom. The fourth-order valence-electron chi connectivity index (χ4n) is 2.90. The highest BCUT2D eigenvalue weighted by Crippen LogP contribution is 2.28. The Bertz CT molecular complexity index is 917. The third kappa shape index (κ3) is 3.72. The first-order valence-electron chi connectivity index (χ1n) is 7.98. The fourth-order valence-corrected chi connectivity index (χ4v) is 3.81. The Morgan fingerprint density at radius 3 is 2.80 bits per heavy atom. The minimum absolute atomic E-state index is 0.174. The van der Waals surface area contributed by atoms with Crippen molar-refractivity contribution in [1.29, 1.82) is 0 Å². The molecule has 0 N–H and O–H groups in total. The van der Waals surface area contributed by atoms with Crippen LogP contribution >= 0.6 is 34.5 Å². The lowest BCUT2D eigenvalue weighted by atomic mass is 10.3. The van der Waals surface area contributed by atoms with E-state index in [1.807, 2.05) is 12.3 Å². The standard InChI is InChI=1S/C17H16Cl2N4OS/c1-10-21-11(9-25-10)8-24-12-2-3-23(7-12)17-6-20-15-4-13(18)14(19)5-16(15)22-17/h4-6,9,12H,2-3,7-8H2,1H3/t12-/m1/s1. The lowest BCUT2D eigenvalue weighted by Gasteiger charge is -2.17. The largest absolute Gasteiger partial charge is 0.370 e. The number of anilines is 1. The van der Waals surface area contributed by atoms with Crippen molar-refractivity contribution in [2.45, 2.75) is 26.1 Å². The van der Waals surface area contributed by atoms with Crippen LogP contribution in [0.2, 0.25) is 10.0 Å². The molecule has 0 aliphatic carbocycles. The number of aryl methyl sites for hydroxylation is 1. The quantitative estimate of drug-likeness (QED) is 0.651. The van der Waals surface area contributed by atoms with Gasteiger partial charge in [0.1, 0.15) is 5.82 Å². The zero-order valence-electron chi connectivity index (χ0n) is 13.6. The van der Waals surface area contributed by atoms with Crippen molar-refractivity contribution in [3.63, 3.8) is 0 Å². The number of hydrogen-bond acceptors (Lipinski definition) is 6. The first-order valence-corrected chi connectivity index (χ1v) is 9.61. The minimum atomic E-state index is 0.174. The van der Waals surface area contributed by atoms with Crippen molar-refractivity contribution in [3.8, 4) is 0 Å². The molecule has 1 aliphatic heterocycles. The van der Waals surface area contributed by atoms with E-state index in [4.69, 9.17) is 27.9 Å². The maximum absolute atomic E-state index is 6.09. The van der Waals surface area contributed by atoms with E-state index in [2.05, 4.69) is 19.9 Å². The van der Waals surface area contributed by atoms with Crippen LogP contribution in [0.5, 0.6) is 0 Å². The molecule has 4 rings (SSSR count). The number of rotatable bonds is 4. The molecule has 25 heavy (non-hydrogen) atoms. The van der Waals surface area contributed by atoms with Gasteiger partial charge in [0.25, 0.3) is 0 Å². The lowest BCUT2D eigenvalue weighted by molar-refractivity contribution is 0.0535. The zero-order chi connectivity index (χ0) is 17.4. The van der Waals surface area contributed by atoms with Crippen molar-refractivity contribution < 1.29 is 4.74 Å². The molecule has 1 saturated heterocycles. The second-order valence-electron chi connectivity index (χ2n) is 6.01. The second-order valence-corrected chi connectivity index (χ2v) is 7.89. The summed E-state index contributed by atoms with van der Waals surface area (Å²) in [5, 5.41) is 4.09. The van der Waals surface area contributed by atoms with Gasteiger partial charge < -0.3 is 9.64 Å². The molecule has 0 radical (unpaired) electrons. The zero-order valence-corrected chi connectivity index (χ0v) is 15.9. The lowest BCUT2D eigenvalue weighted by Crippen LogP contribution is -2.23. The van der Waals surface area contributed by atoms with Gasteiger partial charge in [-0.25, -0.2) is 9.97 Å². The molecule has 1 atom stereocenters. The highest BCUT2D eigenvalue weighted by molar-refractivity contribution is 7.09. The monoisotopic (exact) mass is 394 g/mol. The van der Waals surface area contributed by atoms with E-state index in [0.717, 1.165) is 47.1 Å². The number of benzene rings is 1. The first kappa shape index (κ1) is 17.0. The summed E-state index contributed by atoms with van der Waals surface area (Å²) in [6.07, 6.45) is 2.91. The molecule has 0 saturated carbocycles. The number of thiazole rings is 1. The van der Waals surface area contributed by atoms with Gasteiger partial charge in [-0.2, -0.15) is 0 Å². The summed E-state index contributed by atoms with van der Waals surface area (Å²) in [6, 6.07) is 3.49. The van der Waals surface area contributed by atoms with Crippen molar-refractivity contribution in [1.82, 2.24) is 15.0 Å². The van der Waals surface area contributed by atoms with E-state index in [9.17, 15) is 0 Å². The van der Waals surface area contributed by atoms with E-state index in [1.54, 1.807) is 29.7 Å². The summed E-state index contributed by atoms with van der Waals surface area (Å²) >= 11 is 13.8. The van der Waals surface area contributed by atoms with Gasteiger partial charge in [0, 0.05) is 18.5 Å². The van der Waals surface area contributed by atoms with Gasteiger partial charge in [0.15, 0.2) is 0 Å². The molecule has 1 aliphatic rings. The molecule has 0 spiro atoms. The summed E-state index contributed by atoms with van der Waals surface area (Å²) in [5.74, 6) is 0.835. The predicted molar refractivity (Wildman–Crippen MR) is 102 cm³/mol. The Hall–Kier alpha value is -1.47. The Morgan fingerprint density at radius 1 is 1.24 bits per heavy atom. The van der Waals surface area contributed by atoms with Crippen molar-refractivity contribution in [2.24, 2.45) is 0 Å². The van der Waals surface area contributed by atoms with Gasteiger partial charge in [-0.3, -0.25) is 4.98 Å². The SMILES string of the molecule is Cc1nc(CO[C@@H]2CCN(c3cnc4cc(Cl)c(Cl)cc4n3)C2)cs1. The van der Waals surface area contributed by atoms with E-state index >= 15 is 0 Å². The van der Waals surface area contributed by atoms with E-state index < -0.39 is 0 Å². The Labute approximate surface area is 159 Å². The molecular formula is C17H16Cl2N4OS. The van der Waals surface area contributed by atoms with Crippen LogP contribution in [-0.2, 0) is 11.3 Å². The van der Waals surface area contributed by atoms with Crippen LogP contribution in [-0.4, -0.2) is 34.1 Å². The molecule has 3 aromatic rings. The number of ether oxygens (including phenoxy) is 1. The molecule has 8 heteroatoms. The van der Waals surface area contributed by atoms with Crippen LogP contribution in [0.25, 0.3) is 11.0 Å². The van der Waals surface area contributed by atoms with Crippen LogP contribution in [0.3, 0.4) is 0 Å². The Balaban J connectivity index is 1.44. The minimum Gasteiger partial charge on any atom is -0.370 e. The smallest absolute Gasteiger partial charge is 0.147 e. The highest BCUT2D eigenvalue weighted by Gasteiger charge is 2.25. The third-order valence-corrected chi connectivity index (χ3v) is 5.72. The number of fused-ring (bicyclic) bond motifs is 1. The molecule has 5 nitrogen and oxygen atoms in total. The molecule has 1 aromatic carbocycles. The normalized spacial score (nSPS) is 17.6. The van der Waals surface area contributed by atoms with Gasteiger partial charge in [-0.15, -0.1) is 11.3 Å². The summed E-state index contributed by atoms with van der Waals surface area (Å²) in [6.45, 7) is 4.25. The summed E-state index contributed by atoms with van der Waals surface area (Å²) in [7, 11) is 0. The molecule has 2 aromatic heterocycles. The van der Waals surface area contributed by atoms with Crippen LogP contribution in [0.1, 0.15) is 17.1 Å². The summed E-state index contributed by atoms with van der Waals surface area (Å²) in [4.78, 5) is 15.7. The van der Waals surface area contributed by atoms with E-state index in [-0.39, 0.29) is 6.10 Å². The van der Waals surface area contributed by atoms with Crippen LogP contribution in [0.15, 0.2) is 23.7 Å². The maximum atomic E-state index is 6.09. The molecule has 0 bridgehead atoms. The van der Waals surface area contributed by atoms with Crippen LogP contribution in [0, 0.1) is 6.92 Å². The second kappa shape index (κ2) is 7.03. The van der Waals surface area contributed by atoms with Crippen molar-refractivity contribution in [2.75, 3.05) is 18.0 Å². The molecular weight excluding hydrogens is 379 g/mol. The highest BCUT2D eigenvalue weighted by atomic mass is 35.5. The average molecular weight is 395 g/mol. The van der Waals surface area contributed by atoms with Gasteiger partial charge in [0.05, 0.1) is 50.7 Å². The first-order chi connectivity index (χ1) is 12.1. The Kier molecular flexibility index (Phi) is 4.78. The van der Waals surface area contributed by atoms with Gasteiger partial charge >= 0.3 is 0 Å². The molecule has 130 valence electrons. The molecule has 0 unspecified atom stereocenters. The number of hydrogen-bond donors (Lipinski definition) is 0. The van der Waals surface area contributed by atoms with Crippen LogP contribution in [0.4, 0.5) is 5.82 Å². The summed E-state index contributed by atoms with van der Waals surface area (Å²) in [5.41, 5.74) is 2.48. The summed E-state index contributed by atoms with van der Waals surface area (Å²) < 4.78 is 5.99. The van der Waals surface area contributed by atoms with Crippen molar-refractivity contribution >= 4 is 51.4 Å². The van der Waals surface area contributed by atoms with E-state index in [1.165, 1.54) is 0 Å². The number of halogens is 2.